The molecule has 2 rings (SSSR count). The van der Waals surface area contributed by atoms with Crippen LogP contribution >= 0.6 is 0 Å². The molecule has 0 saturated heterocycles. The van der Waals surface area contributed by atoms with Gasteiger partial charge in [0.25, 0.3) is 5.91 Å². The molecule has 0 unspecified atom stereocenters. The Kier molecular flexibility index (Phi) is 5.04. The number of nitrogen functional groups attached to an aromatic ring is 1. The molecule has 1 amide bonds. The molecule has 5 heteroatoms. The Morgan fingerprint density at radius 3 is 2.75 bits per heavy atom. The van der Waals surface area contributed by atoms with Crippen molar-refractivity contribution in [3.63, 3.8) is 0 Å². The summed E-state index contributed by atoms with van der Waals surface area (Å²) in [7, 11) is 1.77. The van der Waals surface area contributed by atoms with Gasteiger partial charge in [0.05, 0.1) is 11.4 Å². The number of hydrogen-bond donors (Lipinski definition) is 2. The zero-order valence-corrected chi connectivity index (χ0v) is 12.6. The minimum atomic E-state index is -0.108. The monoisotopic (exact) mass is 278 g/mol. The number of aryl methyl sites for hydroxylation is 2. The van der Waals surface area contributed by atoms with Crippen LogP contribution < -0.4 is 11.1 Å². The SMILES string of the molecule is CCc1nn(C)c(C(=O)NCCCC2CCCC2)c1N. The van der Waals surface area contributed by atoms with E-state index >= 15 is 0 Å². The second-order valence-corrected chi connectivity index (χ2v) is 5.73. The molecule has 20 heavy (non-hydrogen) atoms. The summed E-state index contributed by atoms with van der Waals surface area (Å²) in [5.74, 6) is 0.768. The van der Waals surface area contributed by atoms with Gasteiger partial charge >= 0.3 is 0 Å². The van der Waals surface area contributed by atoms with E-state index in [2.05, 4.69) is 10.4 Å². The number of hydrogen-bond acceptors (Lipinski definition) is 3. The molecule has 5 nitrogen and oxygen atoms in total. The Hall–Kier alpha value is -1.52. The molecule has 3 N–H and O–H groups in total. The van der Waals surface area contributed by atoms with Crippen LogP contribution in [0.2, 0.25) is 0 Å². The summed E-state index contributed by atoms with van der Waals surface area (Å²) >= 11 is 0. The third kappa shape index (κ3) is 3.32. The van der Waals surface area contributed by atoms with Gasteiger partial charge in [-0.1, -0.05) is 32.6 Å². The van der Waals surface area contributed by atoms with Crippen molar-refractivity contribution in [2.45, 2.75) is 51.9 Å². The second-order valence-electron chi connectivity index (χ2n) is 5.73. The molecule has 0 bridgehead atoms. The first kappa shape index (κ1) is 14.9. The number of carbonyl (C=O) groups excluding carboxylic acids is 1. The Morgan fingerprint density at radius 2 is 2.15 bits per heavy atom. The molecule has 1 saturated carbocycles. The third-order valence-corrected chi connectivity index (χ3v) is 4.26. The lowest BCUT2D eigenvalue weighted by Crippen LogP contribution is -2.27. The van der Waals surface area contributed by atoms with Crippen molar-refractivity contribution in [3.05, 3.63) is 11.4 Å². The minimum absolute atomic E-state index is 0.108. The Balaban J connectivity index is 1.81. The molecule has 0 radical (unpaired) electrons. The lowest BCUT2D eigenvalue weighted by atomic mass is 10.0. The molecule has 1 fully saturated rings. The number of nitrogens with one attached hydrogen (secondary N) is 1. The average Bonchev–Trinajstić information content (AvgIpc) is 3.02. The van der Waals surface area contributed by atoms with Crippen LogP contribution in [0.1, 0.15) is 61.6 Å². The highest BCUT2D eigenvalue weighted by Crippen LogP contribution is 2.28. The maximum Gasteiger partial charge on any atom is 0.271 e. The van der Waals surface area contributed by atoms with Crippen LogP contribution in [0.4, 0.5) is 5.69 Å². The van der Waals surface area contributed by atoms with Crippen molar-refractivity contribution >= 4 is 11.6 Å². The predicted octanol–water partition coefficient (Wildman–Crippen LogP) is 2.26. The number of aromatic nitrogens is 2. The minimum Gasteiger partial charge on any atom is -0.395 e. The summed E-state index contributed by atoms with van der Waals surface area (Å²) in [5, 5.41) is 7.23. The number of nitrogens with zero attached hydrogens (tertiary/aromatic N) is 2. The number of anilines is 1. The summed E-state index contributed by atoms with van der Waals surface area (Å²) in [5.41, 5.74) is 7.78. The van der Waals surface area contributed by atoms with E-state index in [1.165, 1.54) is 32.1 Å². The van der Waals surface area contributed by atoms with Gasteiger partial charge in [0, 0.05) is 13.6 Å². The summed E-state index contributed by atoms with van der Waals surface area (Å²) in [6, 6.07) is 0. The van der Waals surface area contributed by atoms with Crippen LogP contribution in [0.3, 0.4) is 0 Å². The van der Waals surface area contributed by atoms with Gasteiger partial charge in [-0.2, -0.15) is 5.10 Å². The van der Waals surface area contributed by atoms with Crippen LogP contribution in [-0.2, 0) is 13.5 Å². The van der Waals surface area contributed by atoms with Crippen molar-refractivity contribution in [3.8, 4) is 0 Å². The molecular formula is C15H26N4O. The maximum absolute atomic E-state index is 12.2. The van der Waals surface area contributed by atoms with Crippen LogP contribution in [0.25, 0.3) is 0 Å². The fraction of sp³-hybridized carbons (Fsp3) is 0.733. The van der Waals surface area contributed by atoms with Gasteiger partial charge in [0.15, 0.2) is 0 Å². The summed E-state index contributed by atoms with van der Waals surface area (Å²) < 4.78 is 1.58. The molecule has 1 aromatic rings. The zero-order valence-electron chi connectivity index (χ0n) is 12.6. The van der Waals surface area contributed by atoms with E-state index in [-0.39, 0.29) is 5.91 Å². The largest absolute Gasteiger partial charge is 0.395 e. The fourth-order valence-electron chi connectivity index (χ4n) is 3.10. The Bertz CT molecular complexity index is 461. The number of amides is 1. The summed E-state index contributed by atoms with van der Waals surface area (Å²) in [6.07, 6.45) is 8.50. The van der Waals surface area contributed by atoms with Gasteiger partial charge in [-0.3, -0.25) is 9.48 Å². The van der Waals surface area contributed by atoms with Crippen molar-refractivity contribution in [2.24, 2.45) is 13.0 Å². The molecule has 0 spiro atoms. The summed E-state index contributed by atoms with van der Waals surface area (Å²) in [4.78, 5) is 12.2. The third-order valence-electron chi connectivity index (χ3n) is 4.26. The zero-order chi connectivity index (χ0) is 14.5. The molecular weight excluding hydrogens is 252 g/mol. The highest BCUT2D eigenvalue weighted by molar-refractivity contribution is 5.97. The molecule has 1 aliphatic rings. The van der Waals surface area contributed by atoms with Crippen molar-refractivity contribution in [1.82, 2.24) is 15.1 Å². The maximum atomic E-state index is 12.2. The van der Waals surface area contributed by atoms with E-state index in [9.17, 15) is 4.79 Å². The first-order chi connectivity index (χ1) is 9.63. The fourth-order valence-corrected chi connectivity index (χ4v) is 3.10. The van der Waals surface area contributed by atoms with E-state index < -0.39 is 0 Å². The van der Waals surface area contributed by atoms with Gasteiger partial charge in [-0.15, -0.1) is 0 Å². The molecule has 1 heterocycles. The van der Waals surface area contributed by atoms with Gasteiger partial charge in [-0.05, 0) is 25.2 Å². The number of nitrogens with two attached hydrogens (primary N) is 1. The molecule has 1 aromatic heterocycles. The Labute approximate surface area is 120 Å². The highest BCUT2D eigenvalue weighted by Gasteiger charge is 2.19. The second kappa shape index (κ2) is 6.77. The summed E-state index contributed by atoms with van der Waals surface area (Å²) in [6.45, 7) is 2.71. The lowest BCUT2D eigenvalue weighted by molar-refractivity contribution is 0.0944. The van der Waals surface area contributed by atoms with Crippen LogP contribution in [0.15, 0.2) is 0 Å². The van der Waals surface area contributed by atoms with Crippen LogP contribution in [-0.4, -0.2) is 22.2 Å². The molecule has 0 aromatic carbocycles. The van der Waals surface area contributed by atoms with Crippen molar-refractivity contribution in [2.75, 3.05) is 12.3 Å². The van der Waals surface area contributed by atoms with Crippen molar-refractivity contribution < 1.29 is 4.79 Å². The number of rotatable bonds is 6. The van der Waals surface area contributed by atoms with E-state index in [1.807, 2.05) is 6.92 Å². The van der Waals surface area contributed by atoms with Gasteiger partial charge < -0.3 is 11.1 Å². The first-order valence-electron chi connectivity index (χ1n) is 7.73. The highest BCUT2D eigenvalue weighted by atomic mass is 16.2. The van der Waals surface area contributed by atoms with E-state index in [0.29, 0.717) is 11.4 Å². The normalized spacial score (nSPS) is 15.7. The van der Waals surface area contributed by atoms with E-state index in [0.717, 1.165) is 31.0 Å². The Morgan fingerprint density at radius 1 is 1.45 bits per heavy atom. The van der Waals surface area contributed by atoms with Gasteiger partial charge in [0.2, 0.25) is 0 Å². The smallest absolute Gasteiger partial charge is 0.271 e. The topological polar surface area (TPSA) is 72.9 Å². The van der Waals surface area contributed by atoms with E-state index in [1.54, 1.807) is 11.7 Å². The predicted molar refractivity (Wildman–Crippen MR) is 80.5 cm³/mol. The quantitative estimate of drug-likeness (QED) is 0.784. The van der Waals surface area contributed by atoms with Crippen molar-refractivity contribution in [1.29, 1.82) is 0 Å². The van der Waals surface area contributed by atoms with E-state index in [4.69, 9.17) is 5.73 Å². The molecule has 1 aliphatic carbocycles. The first-order valence-corrected chi connectivity index (χ1v) is 7.73. The van der Waals surface area contributed by atoms with Gasteiger partial charge in [0.1, 0.15) is 5.69 Å². The average molecular weight is 278 g/mol. The van der Waals surface area contributed by atoms with Crippen LogP contribution in [0.5, 0.6) is 0 Å². The standard InChI is InChI=1S/C15H26N4O/c1-3-12-13(16)14(19(2)18-12)15(20)17-10-6-9-11-7-4-5-8-11/h11H,3-10,16H2,1-2H3,(H,17,20). The van der Waals surface area contributed by atoms with Crippen LogP contribution in [0, 0.1) is 5.92 Å². The molecule has 112 valence electrons. The molecule has 0 atom stereocenters. The van der Waals surface area contributed by atoms with Gasteiger partial charge in [-0.25, -0.2) is 0 Å². The lowest BCUT2D eigenvalue weighted by Gasteiger charge is -2.09. The number of carbonyl (C=O) groups is 1. The molecule has 0 aliphatic heterocycles.